The van der Waals surface area contributed by atoms with Crippen molar-refractivity contribution in [3.63, 3.8) is 0 Å². The van der Waals surface area contributed by atoms with Crippen molar-refractivity contribution in [2.45, 2.75) is 136 Å². The van der Waals surface area contributed by atoms with Crippen molar-refractivity contribution in [2.75, 3.05) is 14.7 Å². The van der Waals surface area contributed by atoms with Crippen LogP contribution in [0.15, 0.2) is 150 Å². The van der Waals surface area contributed by atoms with Crippen LogP contribution in [0.25, 0.3) is 11.0 Å². The van der Waals surface area contributed by atoms with Gasteiger partial charge in [0.25, 0.3) is 6.71 Å². The molecule has 0 bridgehead atoms. The van der Waals surface area contributed by atoms with Crippen LogP contribution >= 0.6 is 0 Å². The van der Waals surface area contributed by atoms with Crippen molar-refractivity contribution in [1.29, 1.82) is 0 Å². The molecule has 0 atom stereocenters. The van der Waals surface area contributed by atoms with Crippen LogP contribution in [0.5, 0.6) is 0 Å². The highest BCUT2D eigenvalue weighted by molar-refractivity contribution is 7.01. The summed E-state index contributed by atoms with van der Waals surface area (Å²) in [4.78, 5) is 7.61. The quantitative estimate of drug-likeness (QED) is 0.160. The predicted octanol–water partition coefficient (Wildman–Crippen LogP) is 16.3. The number of fused-ring (bicyclic) bond motifs is 8. The molecule has 0 radical (unpaired) electrons. The minimum Gasteiger partial charge on any atom is -0.440 e. The monoisotopic (exact) mass is 918 g/mol. The van der Waals surface area contributed by atoms with Gasteiger partial charge in [-0.1, -0.05) is 155 Å². The third-order valence-electron chi connectivity index (χ3n) is 17.2. The molecule has 0 saturated heterocycles. The molecule has 0 saturated carbocycles. The maximum absolute atomic E-state index is 7.31. The molecule has 352 valence electrons. The van der Waals surface area contributed by atoms with E-state index in [1.54, 1.807) is 0 Å². The van der Waals surface area contributed by atoms with Crippen molar-refractivity contribution < 1.29 is 4.42 Å². The van der Waals surface area contributed by atoms with Gasteiger partial charge in [-0.15, -0.1) is 0 Å². The Morgan fingerprint density at radius 2 is 0.971 bits per heavy atom. The summed E-state index contributed by atoms with van der Waals surface area (Å²) >= 11 is 0. The minimum atomic E-state index is -0.101. The van der Waals surface area contributed by atoms with Gasteiger partial charge in [0.2, 0.25) is 5.88 Å². The Labute approximate surface area is 417 Å². The molecular formula is C65H68BN3O. The molecule has 70 heavy (non-hydrogen) atoms. The van der Waals surface area contributed by atoms with Gasteiger partial charge in [0.15, 0.2) is 0 Å². The van der Waals surface area contributed by atoms with Crippen molar-refractivity contribution >= 4 is 85.5 Å². The Morgan fingerprint density at radius 1 is 0.486 bits per heavy atom. The molecule has 5 heteroatoms. The van der Waals surface area contributed by atoms with Crippen LogP contribution in [0, 0.1) is 6.92 Å². The molecule has 2 aliphatic carbocycles. The lowest BCUT2D eigenvalue weighted by Gasteiger charge is -2.48. The summed E-state index contributed by atoms with van der Waals surface area (Å²) < 4.78 is 7.31. The molecule has 3 heterocycles. The summed E-state index contributed by atoms with van der Waals surface area (Å²) in [6.07, 6.45) is 4.62. The van der Waals surface area contributed by atoms with E-state index in [-0.39, 0.29) is 33.8 Å². The zero-order chi connectivity index (χ0) is 48.9. The average molecular weight is 918 g/mol. The van der Waals surface area contributed by atoms with E-state index in [0.717, 1.165) is 59.2 Å². The second-order valence-corrected chi connectivity index (χ2v) is 24.8. The highest BCUT2D eigenvalue weighted by Crippen LogP contribution is 2.55. The molecule has 8 aromatic rings. The number of aryl methyl sites for hydroxylation is 1. The molecule has 0 spiro atoms. The number of benzene rings is 7. The first-order valence-corrected chi connectivity index (χ1v) is 25.9. The van der Waals surface area contributed by atoms with E-state index in [9.17, 15) is 0 Å². The van der Waals surface area contributed by atoms with Crippen molar-refractivity contribution in [3.8, 4) is 0 Å². The maximum atomic E-state index is 7.31. The molecule has 4 nitrogen and oxygen atoms in total. The first-order valence-electron chi connectivity index (χ1n) is 25.9. The van der Waals surface area contributed by atoms with Gasteiger partial charge in [-0.25, -0.2) is 0 Å². The summed E-state index contributed by atoms with van der Waals surface area (Å²) in [5.41, 5.74) is 22.7. The molecule has 0 unspecified atom stereocenters. The van der Waals surface area contributed by atoms with Crippen LogP contribution in [0.3, 0.4) is 0 Å². The molecule has 1 aromatic heterocycles. The van der Waals surface area contributed by atoms with E-state index in [4.69, 9.17) is 4.42 Å². The summed E-state index contributed by atoms with van der Waals surface area (Å²) in [6, 6.07) is 55.3. The molecule has 7 aromatic carbocycles. The van der Waals surface area contributed by atoms with Crippen LogP contribution < -0.4 is 31.1 Å². The van der Waals surface area contributed by atoms with Gasteiger partial charge in [-0.2, -0.15) is 0 Å². The van der Waals surface area contributed by atoms with Crippen molar-refractivity contribution in [1.82, 2.24) is 0 Å². The summed E-state index contributed by atoms with van der Waals surface area (Å²) in [6.45, 7) is 28.9. The van der Waals surface area contributed by atoms with E-state index in [1.807, 2.05) is 0 Å². The van der Waals surface area contributed by atoms with E-state index in [2.05, 4.69) is 243 Å². The zero-order valence-corrected chi connectivity index (χ0v) is 43.5. The van der Waals surface area contributed by atoms with Gasteiger partial charge in [0.05, 0.1) is 5.69 Å². The number of para-hydroxylation sites is 3. The number of hydrogen-bond acceptors (Lipinski definition) is 4. The topological polar surface area (TPSA) is 22.9 Å². The highest BCUT2D eigenvalue weighted by Gasteiger charge is 2.49. The van der Waals surface area contributed by atoms with Gasteiger partial charge in [-0.3, -0.25) is 4.90 Å². The fourth-order valence-electron chi connectivity index (χ4n) is 12.8. The fourth-order valence-corrected chi connectivity index (χ4v) is 12.8. The van der Waals surface area contributed by atoms with Crippen LogP contribution in [-0.2, 0) is 27.1 Å². The normalized spacial score (nSPS) is 17.9. The standard InChI is InChI=1S/C65H68BN3O/c1-41-35-48-50(64(9,10)33-31-62(48,5)6)39-53(41)69-54-40-51-49(63(7,8)32-34-65(51,11)12)38-52(54)66-58-47-25-19-20-26-57(47)70-60(58)68(45-29-27-42(28-30-45)61(2,3)4)55-36-46(37-56(69)59(55)66)67(43-21-15-13-16-22-43)44-23-17-14-18-24-44/h13-30,35-40H,31-34H2,1-12H3. The van der Waals surface area contributed by atoms with E-state index < -0.39 is 0 Å². The lowest BCUT2D eigenvalue weighted by molar-refractivity contribution is 0.331. The van der Waals surface area contributed by atoms with Crippen LogP contribution in [0.4, 0.5) is 51.4 Å². The lowest BCUT2D eigenvalue weighted by atomic mass is 9.33. The Hall–Kier alpha value is -6.46. The van der Waals surface area contributed by atoms with Gasteiger partial charge in [0, 0.05) is 50.7 Å². The van der Waals surface area contributed by atoms with Gasteiger partial charge in [0.1, 0.15) is 5.58 Å². The number of anilines is 9. The Bertz CT molecular complexity index is 3350. The molecular weight excluding hydrogens is 850 g/mol. The Morgan fingerprint density at radius 3 is 1.53 bits per heavy atom. The van der Waals surface area contributed by atoms with E-state index >= 15 is 0 Å². The van der Waals surface area contributed by atoms with Gasteiger partial charge in [-0.05, 0) is 171 Å². The minimum absolute atomic E-state index is 0.00318. The summed E-state index contributed by atoms with van der Waals surface area (Å²) in [5, 5.41) is 1.17. The van der Waals surface area contributed by atoms with Crippen LogP contribution in [0.1, 0.15) is 135 Å². The predicted molar refractivity (Wildman–Crippen MR) is 299 cm³/mol. The number of rotatable bonds is 5. The molecule has 0 N–H and O–H groups in total. The smallest absolute Gasteiger partial charge is 0.257 e. The number of furan rings is 1. The maximum Gasteiger partial charge on any atom is 0.257 e. The average Bonchev–Trinajstić information content (AvgIpc) is 3.71. The Kier molecular flexibility index (Phi) is 9.76. The fraction of sp³-hybridized carbons (Fsp3) is 0.323. The first kappa shape index (κ1) is 44.7. The van der Waals surface area contributed by atoms with E-state index in [1.165, 1.54) is 78.6 Å². The second-order valence-electron chi connectivity index (χ2n) is 24.8. The number of nitrogens with zero attached hydrogens (tertiary/aromatic N) is 3. The van der Waals surface area contributed by atoms with Crippen LogP contribution in [0.2, 0.25) is 0 Å². The zero-order valence-electron chi connectivity index (χ0n) is 43.5. The first-order chi connectivity index (χ1) is 33.2. The SMILES string of the molecule is Cc1cc2c(cc1N1c3cc4c(cc3B3c5c1cc(N(c1ccccc1)c1ccccc1)cc5N(c1ccc(C(C)(C)C)cc1)c1oc5ccccc5c13)C(C)(C)CCC4(C)C)C(C)(C)CCC2(C)C. The second kappa shape index (κ2) is 15.3. The summed E-state index contributed by atoms with van der Waals surface area (Å²) in [5.74, 6) is 0.891. The largest absolute Gasteiger partial charge is 0.440 e. The molecule has 0 amide bonds. The summed E-state index contributed by atoms with van der Waals surface area (Å²) in [7, 11) is 0. The van der Waals surface area contributed by atoms with Crippen molar-refractivity contribution in [2.24, 2.45) is 0 Å². The Balaban J connectivity index is 1.26. The van der Waals surface area contributed by atoms with Gasteiger partial charge < -0.3 is 14.2 Å². The number of hydrogen-bond donors (Lipinski definition) is 0. The van der Waals surface area contributed by atoms with Gasteiger partial charge >= 0.3 is 0 Å². The van der Waals surface area contributed by atoms with Crippen LogP contribution in [-0.4, -0.2) is 6.71 Å². The molecule has 0 fully saturated rings. The third kappa shape index (κ3) is 6.77. The molecule has 2 aliphatic heterocycles. The van der Waals surface area contributed by atoms with E-state index in [0.29, 0.717) is 0 Å². The van der Waals surface area contributed by atoms with Crippen molar-refractivity contribution in [3.05, 3.63) is 179 Å². The lowest BCUT2D eigenvalue weighted by Crippen LogP contribution is -2.61. The molecule has 12 rings (SSSR count). The third-order valence-corrected chi connectivity index (χ3v) is 17.2. The molecule has 4 aliphatic rings. The highest BCUT2D eigenvalue weighted by atomic mass is 16.4.